The number of nitrogens with two attached hydrogens (primary N) is 1. The highest BCUT2D eigenvalue weighted by atomic mass is 15.3. The number of hydrogen-bond donors (Lipinski definition) is 1. The molecular formula is C17H27N3. The minimum atomic E-state index is 0.384. The van der Waals surface area contributed by atoms with Gasteiger partial charge in [0, 0.05) is 44.8 Å². The van der Waals surface area contributed by atoms with Crippen LogP contribution in [0.15, 0.2) is 18.2 Å². The summed E-state index contributed by atoms with van der Waals surface area (Å²) in [6.07, 6.45) is 2.83. The van der Waals surface area contributed by atoms with Gasteiger partial charge in [-0.1, -0.05) is 29.3 Å². The number of benzene rings is 1. The summed E-state index contributed by atoms with van der Waals surface area (Å²) in [7, 11) is 0. The Bertz CT molecular complexity index is 439. The fourth-order valence-electron chi connectivity index (χ4n) is 3.55. The summed E-state index contributed by atoms with van der Waals surface area (Å²) in [5.74, 6) is 0. The fourth-order valence-corrected chi connectivity index (χ4v) is 3.55. The highest BCUT2D eigenvalue weighted by Crippen LogP contribution is 2.29. The zero-order chi connectivity index (χ0) is 14.1. The van der Waals surface area contributed by atoms with Crippen LogP contribution < -0.4 is 5.73 Å². The third kappa shape index (κ3) is 3.05. The molecule has 0 amide bonds. The lowest BCUT2D eigenvalue weighted by Crippen LogP contribution is -2.49. The topological polar surface area (TPSA) is 32.5 Å². The lowest BCUT2D eigenvalue weighted by atomic mass is 9.99. The van der Waals surface area contributed by atoms with Crippen molar-refractivity contribution in [1.29, 1.82) is 0 Å². The van der Waals surface area contributed by atoms with Gasteiger partial charge in [-0.3, -0.25) is 9.80 Å². The van der Waals surface area contributed by atoms with Crippen LogP contribution >= 0.6 is 0 Å². The molecule has 1 aromatic carbocycles. The Kier molecular flexibility index (Phi) is 4.11. The Labute approximate surface area is 122 Å². The minimum absolute atomic E-state index is 0.384. The van der Waals surface area contributed by atoms with Crippen molar-refractivity contribution in [3.63, 3.8) is 0 Å². The standard InChI is InChI=1S/C17H27N3/c1-13-9-14(2)11-15(10-13)17(12-18)20-7-5-19(6-8-20)16-3-4-16/h9-11,16-17H,3-8,12,18H2,1-2H3. The van der Waals surface area contributed by atoms with Crippen molar-refractivity contribution in [1.82, 2.24) is 9.80 Å². The molecule has 110 valence electrons. The summed E-state index contributed by atoms with van der Waals surface area (Å²) in [6.45, 7) is 9.81. The zero-order valence-electron chi connectivity index (χ0n) is 12.8. The molecule has 1 aromatic rings. The second kappa shape index (κ2) is 5.84. The molecule has 3 rings (SSSR count). The fraction of sp³-hybridized carbons (Fsp3) is 0.647. The van der Waals surface area contributed by atoms with Crippen molar-refractivity contribution < 1.29 is 0 Å². The van der Waals surface area contributed by atoms with E-state index in [0.717, 1.165) is 19.1 Å². The van der Waals surface area contributed by atoms with E-state index in [1.807, 2.05) is 0 Å². The molecule has 1 aliphatic carbocycles. The van der Waals surface area contributed by atoms with Crippen molar-refractivity contribution in [2.24, 2.45) is 5.73 Å². The molecule has 1 saturated carbocycles. The van der Waals surface area contributed by atoms with Crippen LogP contribution in [0.3, 0.4) is 0 Å². The molecule has 1 unspecified atom stereocenters. The molecule has 2 N–H and O–H groups in total. The smallest absolute Gasteiger partial charge is 0.0471 e. The summed E-state index contributed by atoms with van der Waals surface area (Å²) in [6, 6.07) is 8.13. The molecule has 3 nitrogen and oxygen atoms in total. The van der Waals surface area contributed by atoms with Crippen LogP contribution in [0.5, 0.6) is 0 Å². The first-order valence-corrected chi connectivity index (χ1v) is 7.94. The molecule has 1 saturated heterocycles. The molecule has 1 aliphatic heterocycles. The van der Waals surface area contributed by atoms with Gasteiger partial charge in [-0.05, 0) is 32.3 Å². The van der Waals surface area contributed by atoms with Gasteiger partial charge in [0.05, 0.1) is 0 Å². The number of piperazine rings is 1. The van der Waals surface area contributed by atoms with Crippen molar-refractivity contribution in [3.8, 4) is 0 Å². The van der Waals surface area contributed by atoms with Gasteiger partial charge in [-0.15, -0.1) is 0 Å². The van der Waals surface area contributed by atoms with E-state index < -0.39 is 0 Å². The van der Waals surface area contributed by atoms with Gasteiger partial charge in [-0.2, -0.15) is 0 Å². The number of nitrogens with zero attached hydrogens (tertiary/aromatic N) is 2. The van der Waals surface area contributed by atoms with Crippen LogP contribution in [-0.4, -0.2) is 48.6 Å². The predicted molar refractivity (Wildman–Crippen MR) is 83.9 cm³/mol. The van der Waals surface area contributed by atoms with Crippen molar-refractivity contribution in [2.75, 3.05) is 32.7 Å². The van der Waals surface area contributed by atoms with E-state index in [1.165, 1.54) is 42.6 Å². The molecular weight excluding hydrogens is 246 g/mol. The first kappa shape index (κ1) is 14.1. The maximum Gasteiger partial charge on any atom is 0.0471 e. The van der Waals surface area contributed by atoms with Crippen molar-refractivity contribution >= 4 is 0 Å². The van der Waals surface area contributed by atoms with Gasteiger partial charge in [0.25, 0.3) is 0 Å². The maximum absolute atomic E-state index is 6.09. The quantitative estimate of drug-likeness (QED) is 0.911. The Morgan fingerprint density at radius 3 is 2.15 bits per heavy atom. The largest absolute Gasteiger partial charge is 0.329 e. The monoisotopic (exact) mass is 273 g/mol. The normalized spacial score (nSPS) is 22.9. The lowest BCUT2D eigenvalue weighted by Gasteiger charge is -2.39. The van der Waals surface area contributed by atoms with E-state index >= 15 is 0 Å². The van der Waals surface area contributed by atoms with E-state index in [4.69, 9.17) is 5.73 Å². The SMILES string of the molecule is Cc1cc(C)cc(C(CN)N2CCN(C3CC3)CC2)c1. The first-order chi connectivity index (χ1) is 9.67. The highest BCUT2D eigenvalue weighted by Gasteiger charge is 2.32. The van der Waals surface area contributed by atoms with Crippen LogP contribution in [0.1, 0.15) is 35.6 Å². The third-order valence-corrected chi connectivity index (χ3v) is 4.70. The first-order valence-electron chi connectivity index (χ1n) is 7.94. The Hall–Kier alpha value is -0.900. The molecule has 0 bridgehead atoms. The van der Waals surface area contributed by atoms with Crippen LogP contribution in [0, 0.1) is 13.8 Å². The number of aryl methyl sites for hydroxylation is 2. The summed E-state index contributed by atoms with van der Waals surface area (Å²) in [4.78, 5) is 5.23. The van der Waals surface area contributed by atoms with E-state index in [2.05, 4.69) is 41.8 Å². The van der Waals surface area contributed by atoms with Gasteiger partial charge in [0.1, 0.15) is 0 Å². The second-order valence-corrected chi connectivity index (χ2v) is 6.48. The Balaban J connectivity index is 1.69. The average molecular weight is 273 g/mol. The van der Waals surface area contributed by atoms with Crippen LogP contribution in [-0.2, 0) is 0 Å². The molecule has 3 heteroatoms. The van der Waals surface area contributed by atoms with E-state index in [-0.39, 0.29) is 0 Å². The number of hydrogen-bond acceptors (Lipinski definition) is 3. The van der Waals surface area contributed by atoms with E-state index in [9.17, 15) is 0 Å². The van der Waals surface area contributed by atoms with Crippen LogP contribution in [0.4, 0.5) is 0 Å². The van der Waals surface area contributed by atoms with Gasteiger partial charge < -0.3 is 5.73 Å². The summed E-state index contributed by atoms with van der Waals surface area (Å²) >= 11 is 0. The van der Waals surface area contributed by atoms with Crippen molar-refractivity contribution in [3.05, 3.63) is 34.9 Å². The summed E-state index contributed by atoms with van der Waals surface area (Å²) in [5.41, 5.74) is 10.2. The van der Waals surface area contributed by atoms with Crippen molar-refractivity contribution in [2.45, 2.75) is 38.8 Å². The van der Waals surface area contributed by atoms with Gasteiger partial charge in [0.15, 0.2) is 0 Å². The highest BCUT2D eigenvalue weighted by molar-refractivity contribution is 5.31. The molecule has 20 heavy (non-hydrogen) atoms. The molecule has 2 aliphatic rings. The van der Waals surface area contributed by atoms with Gasteiger partial charge in [0.2, 0.25) is 0 Å². The van der Waals surface area contributed by atoms with Gasteiger partial charge in [-0.25, -0.2) is 0 Å². The van der Waals surface area contributed by atoms with E-state index in [1.54, 1.807) is 0 Å². The molecule has 0 radical (unpaired) electrons. The molecule has 0 aromatic heterocycles. The minimum Gasteiger partial charge on any atom is -0.329 e. The Morgan fingerprint density at radius 1 is 1.05 bits per heavy atom. The Morgan fingerprint density at radius 2 is 1.65 bits per heavy atom. The van der Waals surface area contributed by atoms with Crippen LogP contribution in [0.2, 0.25) is 0 Å². The second-order valence-electron chi connectivity index (χ2n) is 6.48. The third-order valence-electron chi connectivity index (χ3n) is 4.70. The molecule has 0 spiro atoms. The van der Waals surface area contributed by atoms with Crippen LogP contribution in [0.25, 0.3) is 0 Å². The average Bonchev–Trinajstić information content (AvgIpc) is 3.24. The molecule has 2 fully saturated rings. The van der Waals surface area contributed by atoms with E-state index in [0.29, 0.717) is 12.6 Å². The van der Waals surface area contributed by atoms with Gasteiger partial charge >= 0.3 is 0 Å². The zero-order valence-corrected chi connectivity index (χ0v) is 12.8. The molecule has 1 heterocycles. The lowest BCUT2D eigenvalue weighted by molar-refractivity contribution is 0.0938. The summed E-state index contributed by atoms with van der Waals surface area (Å²) in [5, 5.41) is 0. The maximum atomic E-state index is 6.09. The molecule has 1 atom stereocenters. The predicted octanol–water partition coefficient (Wildman–Crippen LogP) is 2.08. The summed E-state index contributed by atoms with van der Waals surface area (Å²) < 4.78 is 0. The number of rotatable bonds is 4.